The number of carbonyl (C=O) groups is 2. The number of amides is 1. The molecule has 2 bridgehead atoms. The Morgan fingerprint density at radius 2 is 2.04 bits per heavy atom. The highest BCUT2D eigenvalue weighted by Crippen LogP contribution is 2.37. The molecule has 0 aliphatic carbocycles. The Balaban J connectivity index is 1.63. The van der Waals surface area contributed by atoms with Gasteiger partial charge in [-0.15, -0.1) is 0 Å². The van der Waals surface area contributed by atoms with Gasteiger partial charge in [-0.3, -0.25) is 4.79 Å². The number of nitrogens with zero attached hydrogens (tertiary/aromatic N) is 2. The molecular weight excluding hydrogens is 330 g/mol. The molecule has 3 saturated heterocycles. The molecule has 1 atom stereocenters. The molecule has 3 fully saturated rings. The molecule has 0 saturated carbocycles. The predicted octanol–water partition coefficient (Wildman–Crippen LogP) is 2.22. The van der Waals surface area contributed by atoms with E-state index in [1.165, 1.54) is 39.1 Å². The van der Waals surface area contributed by atoms with E-state index in [4.69, 9.17) is 0 Å². The van der Waals surface area contributed by atoms with E-state index in [0.29, 0.717) is 19.0 Å². The zero-order valence-corrected chi connectivity index (χ0v) is 16.0. The molecule has 0 radical (unpaired) electrons. The normalized spacial score (nSPS) is 24.8. The first kappa shape index (κ1) is 18.7. The van der Waals surface area contributed by atoms with Gasteiger partial charge in [-0.2, -0.15) is 0 Å². The fourth-order valence-corrected chi connectivity index (χ4v) is 4.36. The Hall–Kier alpha value is -2.08. The standard InChI is InChI=1S/C20H29N3O3/c1-14-12-17(20(25)21-9-5-4-6-19(24)26-3)15(2)23(14)18-13-22-10-7-16(18)8-11-22/h4,6,12,16,18H,5,7-11,13H2,1-3H3,(H,21,25)/b6-4+. The highest BCUT2D eigenvalue weighted by molar-refractivity contribution is 5.95. The topological polar surface area (TPSA) is 63.6 Å². The summed E-state index contributed by atoms with van der Waals surface area (Å²) < 4.78 is 6.92. The molecule has 26 heavy (non-hydrogen) atoms. The first-order valence-electron chi connectivity index (χ1n) is 9.44. The molecule has 1 aromatic rings. The molecule has 142 valence electrons. The smallest absolute Gasteiger partial charge is 0.330 e. The predicted molar refractivity (Wildman–Crippen MR) is 100 cm³/mol. The van der Waals surface area contributed by atoms with Gasteiger partial charge in [0.05, 0.1) is 12.7 Å². The van der Waals surface area contributed by atoms with Gasteiger partial charge in [0.1, 0.15) is 0 Å². The van der Waals surface area contributed by atoms with Crippen LogP contribution in [-0.4, -0.2) is 54.6 Å². The maximum atomic E-state index is 12.6. The number of carbonyl (C=O) groups excluding carboxylic acids is 2. The van der Waals surface area contributed by atoms with Crippen LogP contribution in [0.1, 0.15) is 47.1 Å². The van der Waals surface area contributed by atoms with E-state index in [0.717, 1.165) is 29.4 Å². The summed E-state index contributed by atoms with van der Waals surface area (Å²) in [4.78, 5) is 26.1. The van der Waals surface area contributed by atoms with Gasteiger partial charge < -0.3 is 19.5 Å². The minimum atomic E-state index is -0.377. The van der Waals surface area contributed by atoms with Gasteiger partial charge in [-0.1, -0.05) is 6.08 Å². The number of ether oxygens (including phenoxy) is 1. The Kier molecular flexibility index (Phi) is 5.81. The van der Waals surface area contributed by atoms with Crippen molar-refractivity contribution in [3.05, 3.63) is 35.2 Å². The Morgan fingerprint density at radius 3 is 2.65 bits per heavy atom. The summed E-state index contributed by atoms with van der Waals surface area (Å²) in [6.45, 7) is 8.17. The average molecular weight is 359 g/mol. The Labute approximate surface area is 155 Å². The molecule has 1 unspecified atom stereocenters. The van der Waals surface area contributed by atoms with Crippen molar-refractivity contribution >= 4 is 11.9 Å². The molecule has 0 aromatic carbocycles. The highest BCUT2D eigenvalue weighted by Gasteiger charge is 2.36. The first-order valence-corrected chi connectivity index (χ1v) is 9.44. The van der Waals surface area contributed by atoms with Crippen molar-refractivity contribution in [2.45, 2.75) is 39.2 Å². The van der Waals surface area contributed by atoms with E-state index in [1.54, 1.807) is 6.08 Å². The van der Waals surface area contributed by atoms with Crippen LogP contribution < -0.4 is 5.32 Å². The summed E-state index contributed by atoms with van der Waals surface area (Å²) in [5.41, 5.74) is 2.98. The van der Waals surface area contributed by atoms with Gasteiger partial charge in [-0.05, 0) is 58.2 Å². The van der Waals surface area contributed by atoms with Gasteiger partial charge in [0.2, 0.25) is 0 Å². The number of hydrogen-bond acceptors (Lipinski definition) is 4. The number of aromatic nitrogens is 1. The number of nitrogens with one attached hydrogen (secondary N) is 1. The second-order valence-corrected chi connectivity index (χ2v) is 7.33. The lowest BCUT2D eigenvalue weighted by Crippen LogP contribution is -2.48. The van der Waals surface area contributed by atoms with Crippen LogP contribution in [0.5, 0.6) is 0 Å². The molecule has 1 N–H and O–H groups in total. The van der Waals surface area contributed by atoms with Crippen LogP contribution in [0.2, 0.25) is 0 Å². The summed E-state index contributed by atoms with van der Waals surface area (Å²) in [5.74, 6) is 0.304. The number of esters is 1. The molecule has 4 rings (SSSR count). The third-order valence-electron chi connectivity index (χ3n) is 5.73. The zero-order chi connectivity index (χ0) is 18.7. The summed E-state index contributed by atoms with van der Waals surface area (Å²) in [7, 11) is 1.35. The molecule has 3 aliphatic rings. The van der Waals surface area contributed by atoms with Crippen LogP contribution in [0.25, 0.3) is 0 Å². The van der Waals surface area contributed by atoms with Crippen molar-refractivity contribution in [2.24, 2.45) is 5.92 Å². The lowest BCUT2D eigenvalue weighted by molar-refractivity contribution is -0.134. The molecule has 4 heterocycles. The molecular formula is C20H29N3O3. The quantitative estimate of drug-likeness (QED) is 0.481. The van der Waals surface area contributed by atoms with Crippen molar-refractivity contribution in [1.82, 2.24) is 14.8 Å². The summed E-state index contributed by atoms with van der Waals surface area (Å²) in [5, 5.41) is 2.94. The molecule has 1 amide bonds. The van der Waals surface area contributed by atoms with Gasteiger partial charge in [0.25, 0.3) is 5.91 Å². The Morgan fingerprint density at radius 1 is 1.31 bits per heavy atom. The highest BCUT2D eigenvalue weighted by atomic mass is 16.5. The van der Waals surface area contributed by atoms with Crippen molar-refractivity contribution in [3.63, 3.8) is 0 Å². The second-order valence-electron chi connectivity index (χ2n) is 7.33. The lowest BCUT2D eigenvalue weighted by atomic mass is 9.83. The van der Waals surface area contributed by atoms with E-state index < -0.39 is 0 Å². The number of aryl methyl sites for hydroxylation is 1. The fraction of sp³-hybridized carbons (Fsp3) is 0.600. The van der Waals surface area contributed by atoms with Gasteiger partial charge in [0, 0.05) is 36.6 Å². The molecule has 1 aromatic heterocycles. The number of fused-ring (bicyclic) bond motifs is 3. The minimum absolute atomic E-state index is 0.0444. The largest absolute Gasteiger partial charge is 0.466 e. The Bertz CT molecular complexity index is 699. The van der Waals surface area contributed by atoms with Crippen LogP contribution in [0.4, 0.5) is 0 Å². The molecule has 0 spiro atoms. The van der Waals surface area contributed by atoms with Crippen LogP contribution >= 0.6 is 0 Å². The third kappa shape index (κ3) is 3.85. The number of piperidine rings is 3. The van der Waals surface area contributed by atoms with Crippen molar-refractivity contribution < 1.29 is 14.3 Å². The van der Waals surface area contributed by atoms with E-state index in [1.807, 2.05) is 6.07 Å². The zero-order valence-electron chi connectivity index (χ0n) is 16.0. The molecule has 6 nitrogen and oxygen atoms in total. The van der Waals surface area contributed by atoms with Gasteiger partial charge >= 0.3 is 5.97 Å². The van der Waals surface area contributed by atoms with Gasteiger partial charge in [-0.25, -0.2) is 4.79 Å². The van der Waals surface area contributed by atoms with E-state index >= 15 is 0 Å². The monoisotopic (exact) mass is 359 g/mol. The van der Waals surface area contributed by atoms with Crippen molar-refractivity contribution in [1.29, 1.82) is 0 Å². The van der Waals surface area contributed by atoms with E-state index in [-0.39, 0.29) is 11.9 Å². The van der Waals surface area contributed by atoms with Crippen LogP contribution in [0.3, 0.4) is 0 Å². The summed E-state index contributed by atoms with van der Waals surface area (Å²) in [6, 6.07) is 2.49. The van der Waals surface area contributed by atoms with Crippen LogP contribution in [0.15, 0.2) is 18.2 Å². The number of hydrogen-bond donors (Lipinski definition) is 1. The maximum absolute atomic E-state index is 12.6. The SMILES string of the molecule is COC(=O)/C=C/CCNC(=O)c1cc(C)n(C2CN3CCC2CC3)c1C. The minimum Gasteiger partial charge on any atom is -0.466 e. The summed E-state index contributed by atoms with van der Waals surface area (Å²) >= 11 is 0. The first-order chi connectivity index (χ1) is 12.5. The van der Waals surface area contributed by atoms with E-state index in [2.05, 4.69) is 33.4 Å². The lowest BCUT2D eigenvalue weighted by Gasteiger charge is -2.46. The second kappa shape index (κ2) is 8.08. The van der Waals surface area contributed by atoms with E-state index in [9.17, 15) is 9.59 Å². The number of methoxy groups -OCH3 is 1. The third-order valence-corrected chi connectivity index (χ3v) is 5.73. The maximum Gasteiger partial charge on any atom is 0.330 e. The number of rotatable bonds is 6. The van der Waals surface area contributed by atoms with Crippen LogP contribution in [0, 0.1) is 19.8 Å². The van der Waals surface area contributed by atoms with Crippen LogP contribution in [-0.2, 0) is 9.53 Å². The fourth-order valence-electron chi connectivity index (χ4n) is 4.36. The molecule has 6 heteroatoms. The van der Waals surface area contributed by atoms with Crippen molar-refractivity contribution in [2.75, 3.05) is 33.3 Å². The average Bonchev–Trinajstić information content (AvgIpc) is 2.96. The summed E-state index contributed by atoms with van der Waals surface area (Å²) in [6.07, 6.45) is 6.21. The molecule has 3 aliphatic heterocycles. The van der Waals surface area contributed by atoms with Crippen molar-refractivity contribution in [3.8, 4) is 0 Å². The van der Waals surface area contributed by atoms with Gasteiger partial charge in [0.15, 0.2) is 0 Å².